The van der Waals surface area contributed by atoms with E-state index < -0.39 is 0 Å². The summed E-state index contributed by atoms with van der Waals surface area (Å²) < 4.78 is 0. The number of rotatable bonds is 4. The zero-order valence-corrected chi connectivity index (χ0v) is 9.97. The summed E-state index contributed by atoms with van der Waals surface area (Å²) in [5.41, 5.74) is 7.10. The van der Waals surface area contributed by atoms with Gasteiger partial charge in [0, 0.05) is 16.7 Å². The maximum Gasteiger partial charge on any atom is 0.0129 e. The molecule has 14 heavy (non-hydrogen) atoms. The van der Waals surface area contributed by atoms with Crippen molar-refractivity contribution in [2.45, 2.75) is 37.6 Å². The second-order valence-corrected chi connectivity index (χ2v) is 5.11. The number of hydrogen-bond donors (Lipinski definition) is 1. The van der Waals surface area contributed by atoms with E-state index >= 15 is 0 Å². The molecule has 1 unspecified atom stereocenters. The molecule has 1 rings (SSSR count). The second-order valence-electron chi connectivity index (χ2n) is 4.01. The van der Waals surface area contributed by atoms with E-state index in [-0.39, 0.29) is 6.04 Å². The first-order valence-electron chi connectivity index (χ1n) is 5.08. The number of nitrogens with two attached hydrogens (primary N) is 1. The summed E-state index contributed by atoms with van der Waals surface area (Å²) in [4.78, 5) is 1.31. The van der Waals surface area contributed by atoms with Gasteiger partial charge in [-0.1, -0.05) is 26.0 Å². The highest BCUT2D eigenvalue weighted by atomic mass is 32.2. The normalized spacial score (nSPS) is 13.2. The van der Waals surface area contributed by atoms with Crippen molar-refractivity contribution in [3.8, 4) is 0 Å². The summed E-state index contributed by atoms with van der Waals surface area (Å²) in [6.45, 7) is 6.46. The topological polar surface area (TPSA) is 26.0 Å². The van der Waals surface area contributed by atoms with Gasteiger partial charge in [0.15, 0.2) is 0 Å². The molecule has 0 aliphatic heterocycles. The first-order valence-corrected chi connectivity index (χ1v) is 6.06. The maximum atomic E-state index is 5.70. The number of hydrogen-bond acceptors (Lipinski definition) is 2. The third kappa shape index (κ3) is 3.72. The fourth-order valence-corrected chi connectivity index (χ4v) is 1.96. The van der Waals surface area contributed by atoms with Crippen molar-refractivity contribution in [3.05, 3.63) is 29.8 Å². The summed E-state index contributed by atoms with van der Waals surface area (Å²) >= 11 is 1.82. The van der Waals surface area contributed by atoms with Gasteiger partial charge in [-0.05, 0) is 30.5 Å². The molecule has 0 aliphatic carbocycles. The predicted molar refractivity (Wildman–Crippen MR) is 64.9 cm³/mol. The summed E-state index contributed by atoms with van der Waals surface area (Å²) in [5.74, 6) is 1.60. The van der Waals surface area contributed by atoms with Crippen LogP contribution in [0, 0.1) is 0 Å². The van der Waals surface area contributed by atoms with Crippen molar-refractivity contribution in [2.75, 3.05) is 5.75 Å². The molecule has 1 aromatic rings. The summed E-state index contributed by atoms with van der Waals surface area (Å²) in [5, 5.41) is 0. The Kier molecular flexibility index (Phi) is 4.49. The summed E-state index contributed by atoms with van der Waals surface area (Å²) in [6.07, 6.45) is 0. The lowest BCUT2D eigenvalue weighted by Crippen LogP contribution is -2.17. The number of benzene rings is 1. The number of thioether (sulfide) groups is 1. The summed E-state index contributed by atoms with van der Waals surface area (Å²) in [7, 11) is 0. The van der Waals surface area contributed by atoms with Crippen molar-refractivity contribution < 1.29 is 0 Å². The van der Waals surface area contributed by atoms with E-state index in [0.29, 0.717) is 5.92 Å². The lowest BCUT2D eigenvalue weighted by Gasteiger charge is -2.07. The quantitative estimate of drug-likeness (QED) is 0.770. The van der Waals surface area contributed by atoms with Crippen LogP contribution in [0.5, 0.6) is 0 Å². The van der Waals surface area contributed by atoms with Crippen molar-refractivity contribution in [1.82, 2.24) is 0 Å². The van der Waals surface area contributed by atoms with Gasteiger partial charge in [-0.15, -0.1) is 11.8 Å². The predicted octanol–water partition coefficient (Wildman–Crippen LogP) is 3.25. The SMILES string of the molecule is CC(N)CSc1ccc(C(C)C)cc1. The van der Waals surface area contributed by atoms with Crippen LogP contribution in [0.3, 0.4) is 0 Å². The lowest BCUT2D eigenvalue weighted by atomic mass is 10.0. The fraction of sp³-hybridized carbons (Fsp3) is 0.500. The molecule has 78 valence electrons. The molecule has 0 fully saturated rings. The molecule has 0 heterocycles. The van der Waals surface area contributed by atoms with Gasteiger partial charge in [0.25, 0.3) is 0 Å². The van der Waals surface area contributed by atoms with Gasteiger partial charge in [0.2, 0.25) is 0 Å². The van der Waals surface area contributed by atoms with Crippen LogP contribution in [0.4, 0.5) is 0 Å². The smallest absolute Gasteiger partial charge is 0.0129 e. The van der Waals surface area contributed by atoms with Gasteiger partial charge < -0.3 is 5.73 Å². The van der Waals surface area contributed by atoms with Crippen LogP contribution in [0.15, 0.2) is 29.2 Å². The van der Waals surface area contributed by atoms with E-state index in [1.807, 2.05) is 18.7 Å². The minimum atomic E-state index is 0.268. The molecular formula is C12H19NS. The Morgan fingerprint density at radius 1 is 1.14 bits per heavy atom. The molecule has 0 aromatic heterocycles. The molecule has 0 radical (unpaired) electrons. The van der Waals surface area contributed by atoms with E-state index in [0.717, 1.165) is 5.75 Å². The Morgan fingerprint density at radius 2 is 1.71 bits per heavy atom. The molecule has 0 bridgehead atoms. The highest BCUT2D eigenvalue weighted by Gasteiger charge is 2.00. The Balaban J connectivity index is 2.55. The molecule has 0 amide bonds. The molecule has 0 aliphatic rings. The minimum absolute atomic E-state index is 0.268. The standard InChI is InChI=1S/C12H19NS/c1-9(2)11-4-6-12(7-5-11)14-8-10(3)13/h4-7,9-10H,8,13H2,1-3H3. The van der Waals surface area contributed by atoms with Crippen LogP contribution in [-0.4, -0.2) is 11.8 Å². The van der Waals surface area contributed by atoms with Crippen molar-refractivity contribution in [3.63, 3.8) is 0 Å². The van der Waals surface area contributed by atoms with Crippen LogP contribution in [0.1, 0.15) is 32.3 Å². The van der Waals surface area contributed by atoms with Gasteiger partial charge in [-0.2, -0.15) is 0 Å². The highest BCUT2D eigenvalue weighted by molar-refractivity contribution is 7.99. The molecule has 2 N–H and O–H groups in total. The van der Waals surface area contributed by atoms with Gasteiger partial charge in [-0.3, -0.25) is 0 Å². The molecule has 0 saturated carbocycles. The van der Waals surface area contributed by atoms with E-state index in [2.05, 4.69) is 38.1 Å². The maximum absolute atomic E-state index is 5.70. The zero-order valence-electron chi connectivity index (χ0n) is 9.16. The molecule has 1 atom stereocenters. The van der Waals surface area contributed by atoms with Gasteiger partial charge >= 0.3 is 0 Å². The van der Waals surface area contributed by atoms with Crippen LogP contribution in [-0.2, 0) is 0 Å². The summed E-state index contributed by atoms with van der Waals surface area (Å²) in [6, 6.07) is 9.04. The van der Waals surface area contributed by atoms with Gasteiger partial charge in [-0.25, -0.2) is 0 Å². The average Bonchev–Trinajstić information content (AvgIpc) is 2.15. The first-order chi connectivity index (χ1) is 6.59. The Hall–Kier alpha value is -0.470. The largest absolute Gasteiger partial charge is 0.327 e. The van der Waals surface area contributed by atoms with Crippen molar-refractivity contribution in [1.29, 1.82) is 0 Å². The average molecular weight is 209 g/mol. The van der Waals surface area contributed by atoms with Crippen LogP contribution >= 0.6 is 11.8 Å². The fourth-order valence-electron chi connectivity index (χ4n) is 1.18. The Labute approximate surface area is 91.1 Å². The lowest BCUT2D eigenvalue weighted by molar-refractivity contribution is 0.846. The van der Waals surface area contributed by atoms with Gasteiger partial charge in [0.05, 0.1) is 0 Å². The third-order valence-corrected chi connectivity index (χ3v) is 3.36. The third-order valence-electron chi connectivity index (χ3n) is 2.06. The van der Waals surface area contributed by atoms with Crippen LogP contribution in [0.25, 0.3) is 0 Å². The molecule has 0 spiro atoms. The first kappa shape index (κ1) is 11.6. The highest BCUT2D eigenvalue weighted by Crippen LogP contribution is 2.21. The molecule has 0 saturated heterocycles. The monoisotopic (exact) mass is 209 g/mol. The molecule has 1 nitrogen and oxygen atoms in total. The second kappa shape index (κ2) is 5.42. The minimum Gasteiger partial charge on any atom is -0.327 e. The van der Waals surface area contributed by atoms with Gasteiger partial charge in [0.1, 0.15) is 0 Å². The zero-order chi connectivity index (χ0) is 10.6. The Morgan fingerprint density at radius 3 is 2.14 bits per heavy atom. The molecular weight excluding hydrogens is 190 g/mol. The Bertz CT molecular complexity index is 264. The van der Waals surface area contributed by atoms with Crippen LogP contribution in [0.2, 0.25) is 0 Å². The van der Waals surface area contributed by atoms with E-state index in [1.54, 1.807) is 0 Å². The van der Waals surface area contributed by atoms with Crippen molar-refractivity contribution in [2.24, 2.45) is 5.73 Å². The van der Waals surface area contributed by atoms with E-state index in [4.69, 9.17) is 5.73 Å². The van der Waals surface area contributed by atoms with E-state index in [9.17, 15) is 0 Å². The molecule has 2 heteroatoms. The van der Waals surface area contributed by atoms with E-state index in [1.165, 1.54) is 10.5 Å². The molecule has 1 aromatic carbocycles. The van der Waals surface area contributed by atoms with Crippen LogP contribution < -0.4 is 5.73 Å². The van der Waals surface area contributed by atoms with Crippen molar-refractivity contribution >= 4 is 11.8 Å².